The lowest BCUT2D eigenvalue weighted by Gasteiger charge is -2.09. The molecule has 0 aliphatic heterocycles. The minimum absolute atomic E-state index is 0.0830. The number of carbonyl (C=O) groups excluding carboxylic acids is 2. The summed E-state index contributed by atoms with van der Waals surface area (Å²) < 4.78 is 10.3. The van der Waals surface area contributed by atoms with Gasteiger partial charge in [0.05, 0.1) is 14.2 Å². The zero-order valence-corrected chi connectivity index (χ0v) is 14.2. The van der Waals surface area contributed by atoms with Gasteiger partial charge >= 0.3 is 0 Å². The van der Waals surface area contributed by atoms with Gasteiger partial charge in [-0.1, -0.05) is 17.7 Å². The molecule has 1 amide bonds. The Morgan fingerprint density at radius 2 is 1.75 bits per heavy atom. The van der Waals surface area contributed by atoms with Gasteiger partial charge in [0.25, 0.3) is 0 Å². The van der Waals surface area contributed by atoms with Crippen LogP contribution in [-0.4, -0.2) is 25.9 Å². The van der Waals surface area contributed by atoms with Crippen molar-refractivity contribution in [3.8, 4) is 11.5 Å². The van der Waals surface area contributed by atoms with Crippen molar-refractivity contribution in [2.24, 2.45) is 0 Å². The topological polar surface area (TPSA) is 64.6 Å². The molecule has 0 unspecified atom stereocenters. The molecule has 0 fully saturated rings. The van der Waals surface area contributed by atoms with Gasteiger partial charge in [-0.05, 0) is 36.4 Å². The largest absolute Gasteiger partial charge is 0.493 e. The first-order valence-corrected chi connectivity index (χ1v) is 7.72. The summed E-state index contributed by atoms with van der Waals surface area (Å²) >= 11 is 5.86. The Morgan fingerprint density at radius 3 is 2.42 bits per heavy atom. The van der Waals surface area contributed by atoms with E-state index in [2.05, 4.69) is 5.32 Å². The number of benzene rings is 2. The lowest BCUT2D eigenvalue weighted by atomic mass is 10.1. The van der Waals surface area contributed by atoms with Crippen molar-refractivity contribution in [3.05, 3.63) is 53.1 Å². The van der Waals surface area contributed by atoms with Gasteiger partial charge in [0, 0.05) is 29.1 Å². The quantitative estimate of drug-likeness (QED) is 0.770. The summed E-state index contributed by atoms with van der Waals surface area (Å²) in [6.07, 6.45) is 0.182. The molecule has 2 rings (SSSR count). The third-order valence-corrected chi connectivity index (χ3v) is 3.63. The number of rotatable bonds is 7. The van der Waals surface area contributed by atoms with Crippen molar-refractivity contribution in [1.82, 2.24) is 0 Å². The fraction of sp³-hybridized carbons (Fsp3) is 0.222. The normalized spacial score (nSPS) is 10.1. The lowest BCUT2D eigenvalue weighted by molar-refractivity contribution is -0.116. The van der Waals surface area contributed by atoms with Gasteiger partial charge in [0.1, 0.15) is 0 Å². The van der Waals surface area contributed by atoms with Crippen molar-refractivity contribution >= 4 is 29.0 Å². The Labute approximate surface area is 145 Å². The fourth-order valence-corrected chi connectivity index (χ4v) is 2.36. The van der Waals surface area contributed by atoms with Gasteiger partial charge in [-0.3, -0.25) is 9.59 Å². The summed E-state index contributed by atoms with van der Waals surface area (Å²) in [6.45, 7) is 0. The van der Waals surface area contributed by atoms with Crippen LogP contribution in [0.15, 0.2) is 42.5 Å². The number of methoxy groups -OCH3 is 2. The van der Waals surface area contributed by atoms with E-state index in [4.69, 9.17) is 21.1 Å². The van der Waals surface area contributed by atoms with Crippen LogP contribution < -0.4 is 14.8 Å². The standard InChI is InChI=1S/C18H18ClNO4/c1-23-16-8-6-12(10-17(16)24-2)15(21)7-9-18(22)20-14-5-3-4-13(19)11-14/h3-6,8,10-11H,7,9H2,1-2H3,(H,20,22). The van der Waals surface area contributed by atoms with Crippen molar-refractivity contribution in [2.75, 3.05) is 19.5 Å². The molecule has 0 spiro atoms. The molecule has 0 saturated heterocycles. The molecule has 0 aliphatic rings. The Hall–Kier alpha value is -2.53. The number of ether oxygens (including phenoxy) is 2. The minimum Gasteiger partial charge on any atom is -0.493 e. The molecule has 0 heterocycles. The minimum atomic E-state index is -0.244. The Balaban J connectivity index is 1.94. The van der Waals surface area contributed by atoms with E-state index in [1.54, 1.807) is 42.5 Å². The third kappa shape index (κ3) is 4.73. The Morgan fingerprint density at radius 1 is 1.00 bits per heavy atom. The molecule has 5 nitrogen and oxygen atoms in total. The molecular formula is C18H18ClNO4. The number of carbonyl (C=O) groups is 2. The van der Waals surface area contributed by atoms with Gasteiger partial charge < -0.3 is 14.8 Å². The maximum Gasteiger partial charge on any atom is 0.224 e. The number of hydrogen-bond acceptors (Lipinski definition) is 4. The molecule has 0 atom stereocenters. The molecule has 0 bridgehead atoms. The highest BCUT2D eigenvalue weighted by atomic mass is 35.5. The summed E-state index contributed by atoms with van der Waals surface area (Å²) in [5.41, 5.74) is 1.08. The predicted octanol–water partition coefficient (Wildman–Crippen LogP) is 3.96. The summed E-state index contributed by atoms with van der Waals surface area (Å²) in [6, 6.07) is 11.8. The molecule has 0 aliphatic carbocycles. The van der Waals surface area contributed by atoms with E-state index in [1.165, 1.54) is 14.2 Å². The van der Waals surface area contributed by atoms with Gasteiger partial charge in [0.2, 0.25) is 5.91 Å². The maximum absolute atomic E-state index is 12.2. The number of amides is 1. The highest BCUT2D eigenvalue weighted by molar-refractivity contribution is 6.30. The molecule has 0 radical (unpaired) electrons. The van der Waals surface area contributed by atoms with Gasteiger partial charge in [-0.25, -0.2) is 0 Å². The molecule has 126 valence electrons. The zero-order chi connectivity index (χ0) is 17.5. The van der Waals surface area contributed by atoms with E-state index in [1.807, 2.05) is 0 Å². The molecule has 24 heavy (non-hydrogen) atoms. The summed E-state index contributed by atoms with van der Waals surface area (Å²) in [7, 11) is 3.03. The van der Waals surface area contributed by atoms with E-state index in [0.717, 1.165) is 0 Å². The van der Waals surface area contributed by atoms with Gasteiger partial charge in [-0.2, -0.15) is 0 Å². The van der Waals surface area contributed by atoms with Crippen molar-refractivity contribution in [3.63, 3.8) is 0 Å². The van der Waals surface area contributed by atoms with E-state index < -0.39 is 0 Å². The van der Waals surface area contributed by atoms with E-state index in [9.17, 15) is 9.59 Å². The third-order valence-electron chi connectivity index (χ3n) is 3.39. The van der Waals surface area contributed by atoms with Crippen molar-refractivity contribution < 1.29 is 19.1 Å². The first kappa shape index (κ1) is 17.8. The SMILES string of the molecule is COc1ccc(C(=O)CCC(=O)Nc2cccc(Cl)c2)cc1OC. The monoisotopic (exact) mass is 347 g/mol. The number of nitrogens with one attached hydrogen (secondary N) is 1. The van der Waals surface area contributed by atoms with Crippen LogP contribution >= 0.6 is 11.6 Å². The first-order valence-electron chi connectivity index (χ1n) is 7.34. The van der Waals surface area contributed by atoms with E-state index in [-0.39, 0.29) is 24.5 Å². The van der Waals surface area contributed by atoms with Crippen LogP contribution in [0.4, 0.5) is 5.69 Å². The maximum atomic E-state index is 12.2. The number of hydrogen-bond donors (Lipinski definition) is 1. The Kier molecular flexibility index (Phi) is 6.21. The van der Waals surface area contributed by atoms with Crippen LogP contribution in [0.2, 0.25) is 5.02 Å². The van der Waals surface area contributed by atoms with Crippen molar-refractivity contribution in [1.29, 1.82) is 0 Å². The average Bonchev–Trinajstić information content (AvgIpc) is 2.59. The van der Waals surface area contributed by atoms with E-state index >= 15 is 0 Å². The van der Waals surface area contributed by atoms with Crippen LogP contribution in [-0.2, 0) is 4.79 Å². The van der Waals surface area contributed by atoms with Crippen LogP contribution in [0.5, 0.6) is 11.5 Å². The summed E-state index contributed by atoms with van der Waals surface area (Å²) in [4.78, 5) is 24.2. The average molecular weight is 348 g/mol. The summed E-state index contributed by atoms with van der Waals surface area (Å²) in [5, 5.41) is 3.25. The van der Waals surface area contributed by atoms with Crippen LogP contribution in [0.25, 0.3) is 0 Å². The fourth-order valence-electron chi connectivity index (χ4n) is 2.17. The van der Waals surface area contributed by atoms with E-state index in [0.29, 0.717) is 27.8 Å². The number of anilines is 1. The molecule has 0 aromatic heterocycles. The second-order valence-corrected chi connectivity index (χ2v) is 5.49. The zero-order valence-electron chi connectivity index (χ0n) is 13.5. The second-order valence-electron chi connectivity index (χ2n) is 5.05. The molecule has 2 aromatic carbocycles. The predicted molar refractivity (Wildman–Crippen MR) is 93.2 cm³/mol. The number of Topliss-reactive ketones (excluding diaryl/α,β-unsaturated/α-hetero) is 1. The van der Waals surface area contributed by atoms with Crippen LogP contribution in [0.1, 0.15) is 23.2 Å². The van der Waals surface area contributed by atoms with Gasteiger partial charge in [0.15, 0.2) is 17.3 Å². The molecule has 2 aromatic rings. The smallest absolute Gasteiger partial charge is 0.224 e. The van der Waals surface area contributed by atoms with Crippen LogP contribution in [0, 0.1) is 0 Å². The second kappa shape index (κ2) is 8.36. The molecule has 0 saturated carbocycles. The first-order chi connectivity index (χ1) is 11.5. The lowest BCUT2D eigenvalue weighted by Crippen LogP contribution is -2.13. The summed E-state index contributed by atoms with van der Waals surface area (Å²) in [5.74, 6) is 0.641. The molecular weight excluding hydrogens is 330 g/mol. The molecule has 1 N–H and O–H groups in total. The number of halogens is 1. The van der Waals surface area contributed by atoms with Gasteiger partial charge in [-0.15, -0.1) is 0 Å². The highest BCUT2D eigenvalue weighted by Crippen LogP contribution is 2.28. The van der Waals surface area contributed by atoms with Crippen molar-refractivity contribution in [2.45, 2.75) is 12.8 Å². The molecule has 6 heteroatoms. The van der Waals surface area contributed by atoms with Crippen LogP contribution in [0.3, 0.4) is 0 Å². The number of ketones is 1. The highest BCUT2D eigenvalue weighted by Gasteiger charge is 2.13. The Bertz CT molecular complexity index is 746.